The number of carbonyl (C=O) groups is 1. The smallest absolute Gasteiger partial charge is 0.326 e. The van der Waals surface area contributed by atoms with Gasteiger partial charge in [0.05, 0.1) is 7.11 Å². The maximum absolute atomic E-state index is 11.3. The monoisotopic (exact) mass is 231 g/mol. The highest BCUT2D eigenvalue weighted by atomic mass is 32.2. The number of esters is 1. The van der Waals surface area contributed by atoms with Crippen LogP contribution in [0.25, 0.3) is 0 Å². The summed E-state index contributed by atoms with van der Waals surface area (Å²) in [5, 5.41) is 0. The summed E-state index contributed by atoms with van der Waals surface area (Å²) in [4.78, 5) is 11.3. The van der Waals surface area contributed by atoms with Crippen molar-refractivity contribution in [1.29, 1.82) is 0 Å². The molecule has 1 atom stereocenters. The number of ether oxygens (including phenoxy) is 1. The van der Waals surface area contributed by atoms with E-state index in [1.165, 1.54) is 32.8 Å². The minimum atomic E-state index is -0.835. The van der Waals surface area contributed by atoms with Crippen molar-refractivity contribution in [3.05, 3.63) is 0 Å². The predicted molar refractivity (Wildman–Crippen MR) is 63.9 cm³/mol. The van der Waals surface area contributed by atoms with Crippen LogP contribution in [0.5, 0.6) is 0 Å². The van der Waals surface area contributed by atoms with Gasteiger partial charge in [-0.25, -0.2) is 0 Å². The van der Waals surface area contributed by atoms with E-state index in [2.05, 4.69) is 4.74 Å². The Bertz CT molecular complexity index is 213. The number of rotatable bonds is 5. The number of carbonyl (C=O) groups excluding carboxylic acids is 1. The Morgan fingerprint density at radius 1 is 1.53 bits per heavy atom. The lowest BCUT2D eigenvalue weighted by atomic mass is 10.1. The third kappa shape index (κ3) is 4.03. The van der Waals surface area contributed by atoms with Gasteiger partial charge >= 0.3 is 5.97 Å². The first kappa shape index (κ1) is 12.8. The molecule has 1 aliphatic carbocycles. The maximum Gasteiger partial charge on any atom is 0.326 e. The van der Waals surface area contributed by atoms with E-state index >= 15 is 0 Å². The third-order valence-corrected chi connectivity index (χ3v) is 4.39. The summed E-state index contributed by atoms with van der Waals surface area (Å²) >= 11 is 1.78. The first-order valence-electron chi connectivity index (χ1n) is 5.51. The van der Waals surface area contributed by atoms with Crippen LogP contribution in [0.1, 0.15) is 32.6 Å². The van der Waals surface area contributed by atoms with Gasteiger partial charge in [-0.15, -0.1) is 0 Å². The summed E-state index contributed by atoms with van der Waals surface area (Å²) in [5.74, 6) is 2.30. The topological polar surface area (TPSA) is 52.3 Å². The van der Waals surface area contributed by atoms with Gasteiger partial charge < -0.3 is 10.5 Å². The fourth-order valence-electron chi connectivity index (χ4n) is 1.91. The average molecular weight is 231 g/mol. The van der Waals surface area contributed by atoms with Crippen LogP contribution >= 0.6 is 11.8 Å². The normalized spacial score (nSPS) is 21.3. The molecule has 1 rings (SSSR count). The molecule has 0 spiro atoms. The molecule has 3 nitrogen and oxygen atoms in total. The molecule has 1 fully saturated rings. The summed E-state index contributed by atoms with van der Waals surface area (Å²) in [5.41, 5.74) is 5.02. The Balaban J connectivity index is 2.20. The van der Waals surface area contributed by atoms with E-state index in [-0.39, 0.29) is 5.97 Å². The van der Waals surface area contributed by atoms with Gasteiger partial charge in [0.2, 0.25) is 0 Å². The van der Waals surface area contributed by atoms with Gasteiger partial charge in [-0.2, -0.15) is 11.8 Å². The lowest BCUT2D eigenvalue weighted by molar-refractivity contribution is -0.145. The molecular weight excluding hydrogens is 210 g/mol. The molecule has 0 aromatic heterocycles. The van der Waals surface area contributed by atoms with Gasteiger partial charge in [-0.1, -0.05) is 12.8 Å². The molecule has 0 bridgehead atoms. The van der Waals surface area contributed by atoms with Crippen LogP contribution in [0, 0.1) is 5.92 Å². The van der Waals surface area contributed by atoms with Gasteiger partial charge in [0.1, 0.15) is 5.54 Å². The fraction of sp³-hybridized carbons (Fsp3) is 0.909. The Hall–Kier alpha value is -0.220. The molecule has 2 N–H and O–H groups in total. The highest BCUT2D eigenvalue weighted by Gasteiger charge is 2.29. The molecule has 1 saturated carbocycles. The fourth-order valence-corrected chi connectivity index (χ4v) is 3.23. The second kappa shape index (κ2) is 5.75. The zero-order valence-electron chi connectivity index (χ0n) is 9.62. The van der Waals surface area contributed by atoms with Crippen molar-refractivity contribution in [3.8, 4) is 0 Å². The van der Waals surface area contributed by atoms with E-state index < -0.39 is 5.54 Å². The van der Waals surface area contributed by atoms with Crippen LogP contribution in [-0.4, -0.2) is 30.1 Å². The second-order valence-electron chi connectivity index (χ2n) is 4.57. The first-order valence-corrected chi connectivity index (χ1v) is 6.67. The number of hydrogen-bond donors (Lipinski definition) is 1. The molecule has 0 aromatic rings. The first-order chi connectivity index (χ1) is 7.06. The molecule has 1 unspecified atom stereocenters. The second-order valence-corrected chi connectivity index (χ2v) is 5.60. The van der Waals surface area contributed by atoms with Crippen LogP contribution in [0.4, 0.5) is 0 Å². The molecule has 0 heterocycles. The van der Waals surface area contributed by atoms with Crippen LogP contribution in [-0.2, 0) is 9.53 Å². The number of thioether (sulfide) groups is 1. The van der Waals surface area contributed by atoms with Crippen molar-refractivity contribution >= 4 is 17.7 Å². The van der Waals surface area contributed by atoms with Crippen molar-refractivity contribution in [3.63, 3.8) is 0 Å². The maximum atomic E-state index is 11.3. The molecule has 0 aliphatic heterocycles. The lowest BCUT2D eigenvalue weighted by Crippen LogP contribution is -2.48. The molecule has 1 aliphatic rings. The van der Waals surface area contributed by atoms with Gasteiger partial charge in [-0.3, -0.25) is 4.79 Å². The predicted octanol–water partition coefficient (Wildman–Crippen LogP) is 1.80. The van der Waals surface area contributed by atoms with Crippen LogP contribution in [0.3, 0.4) is 0 Å². The Labute approximate surface area is 96.1 Å². The number of nitrogens with two attached hydrogens (primary N) is 1. The van der Waals surface area contributed by atoms with Crippen LogP contribution in [0.15, 0.2) is 0 Å². The molecule has 0 saturated heterocycles. The molecule has 15 heavy (non-hydrogen) atoms. The standard InChI is InChI=1S/C11H21NO2S/c1-11(12,10(13)14-2)8-15-7-9-5-3-4-6-9/h9H,3-8,12H2,1-2H3. The molecule has 0 aromatic carbocycles. The van der Waals surface area contributed by atoms with E-state index in [1.807, 2.05) is 0 Å². The molecular formula is C11H21NO2S. The van der Waals surface area contributed by atoms with E-state index in [0.29, 0.717) is 5.75 Å². The van der Waals surface area contributed by atoms with Crippen molar-refractivity contribution in [1.82, 2.24) is 0 Å². The van der Waals surface area contributed by atoms with E-state index in [4.69, 9.17) is 5.73 Å². The number of hydrogen-bond acceptors (Lipinski definition) is 4. The van der Waals surface area contributed by atoms with Gasteiger partial charge in [0.25, 0.3) is 0 Å². The van der Waals surface area contributed by atoms with Crippen molar-refractivity contribution in [2.45, 2.75) is 38.1 Å². The van der Waals surface area contributed by atoms with Crippen LogP contribution < -0.4 is 5.73 Å². The molecule has 4 heteroatoms. The lowest BCUT2D eigenvalue weighted by Gasteiger charge is -2.21. The summed E-state index contributed by atoms with van der Waals surface area (Å²) < 4.78 is 4.66. The van der Waals surface area contributed by atoms with E-state index in [9.17, 15) is 4.79 Å². The summed E-state index contributed by atoms with van der Waals surface area (Å²) in [6, 6.07) is 0. The van der Waals surface area contributed by atoms with E-state index in [0.717, 1.165) is 11.7 Å². The van der Waals surface area contributed by atoms with Crippen molar-refractivity contribution < 1.29 is 9.53 Å². The minimum absolute atomic E-state index is 0.318. The highest BCUT2D eigenvalue weighted by molar-refractivity contribution is 7.99. The summed E-state index contributed by atoms with van der Waals surface area (Å²) in [6.45, 7) is 1.74. The largest absolute Gasteiger partial charge is 0.468 e. The SMILES string of the molecule is COC(=O)C(C)(N)CSCC1CCCC1. The zero-order chi connectivity index (χ0) is 11.3. The summed E-state index contributed by atoms with van der Waals surface area (Å²) in [7, 11) is 1.38. The zero-order valence-corrected chi connectivity index (χ0v) is 10.4. The van der Waals surface area contributed by atoms with Crippen LogP contribution in [0.2, 0.25) is 0 Å². The molecule has 0 amide bonds. The third-order valence-electron chi connectivity index (χ3n) is 2.88. The van der Waals surface area contributed by atoms with Gasteiger partial charge in [0.15, 0.2) is 0 Å². The molecule has 0 radical (unpaired) electrons. The van der Waals surface area contributed by atoms with Crippen molar-refractivity contribution in [2.75, 3.05) is 18.6 Å². The highest BCUT2D eigenvalue weighted by Crippen LogP contribution is 2.28. The Morgan fingerprint density at radius 2 is 2.13 bits per heavy atom. The van der Waals surface area contributed by atoms with E-state index in [1.54, 1.807) is 18.7 Å². The summed E-state index contributed by atoms with van der Waals surface area (Å²) in [6.07, 6.45) is 5.41. The Morgan fingerprint density at radius 3 is 2.67 bits per heavy atom. The number of methoxy groups -OCH3 is 1. The minimum Gasteiger partial charge on any atom is -0.468 e. The quantitative estimate of drug-likeness (QED) is 0.733. The molecule has 88 valence electrons. The van der Waals surface area contributed by atoms with Gasteiger partial charge in [0, 0.05) is 5.75 Å². The van der Waals surface area contributed by atoms with Gasteiger partial charge in [-0.05, 0) is 31.4 Å². The average Bonchev–Trinajstić information content (AvgIpc) is 2.69. The van der Waals surface area contributed by atoms with Crippen molar-refractivity contribution in [2.24, 2.45) is 11.7 Å². The Kier molecular flexibility index (Phi) is 4.93.